The van der Waals surface area contributed by atoms with Crippen LogP contribution in [0.5, 0.6) is 17.4 Å². The van der Waals surface area contributed by atoms with Gasteiger partial charge in [-0.25, -0.2) is 4.98 Å². The minimum atomic E-state index is 0.619. The lowest BCUT2D eigenvalue weighted by molar-refractivity contribution is 0.407. The molecule has 0 amide bonds. The Kier molecular flexibility index (Phi) is 4.36. The normalized spacial score (nSPS) is 10.3. The Morgan fingerprint density at radius 2 is 2.00 bits per heavy atom. The Hall–Kier alpha value is -2.07. The third kappa shape index (κ3) is 3.45. The summed E-state index contributed by atoms with van der Waals surface area (Å²) in [6.45, 7) is 2.79. The van der Waals surface area contributed by atoms with Crippen LogP contribution in [0, 0.1) is 6.92 Å². The molecule has 0 fully saturated rings. The third-order valence-electron chi connectivity index (χ3n) is 2.72. The Bertz CT molecular complexity index is 556. The number of benzene rings is 1. The standard InChI is InChI=1S/C15H18N2O2/c1-11-7-12(9-16-2)10-17-15(11)19-14-6-4-5-13(8-14)18-3/h4-8,10,16H,9H2,1-3H3. The van der Waals surface area contributed by atoms with Crippen molar-refractivity contribution in [1.29, 1.82) is 0 Å². The number of hydrogen-bond donors (Lipinski definition) is 1. The topological polar surface area (TPSA) is 43.4 Å². The molecular formula is C15H18N2O2. The van der Waals surface area contributed by atoms with Gasteiger partial charge in [-0.1, -0.05) is 6.07 Å². The van der Waals surface area contributed by atoms with Crippen molar-refractivity contribution in [2.24, 2.45) is 0 Å². The monoisotopic (exact) mass is 258 g/mol. The number of aryl methyl sites for hydroxylation is 1. The molecule has 1 aromatic carbocycles. The van der Waals surface area contributed by atoms with E-state index in [1.54, 1.807) is 7.11 Å². The number of ether oxygens (including phenoxy) is 2. The van der Waals surface area contributed by atoms with Gasteiger partial charge in [0.25, 0.3) is 0 Å². The van der Waals surface area contributed by atoms with Gasteiger partial charge in [0.1, 0.15) is 11.5 Å². The number of hydrogen-bond acceptors (Lipinski definition) is 4. The van der Waals surface area contributed by atoms with Gasteiger partial charge in [-0.15, -0.1) is 0 Å². The molecule has 0 atom stereocenters. The molecule has 0 radical (unpaired) electrons. The molecule has 1 aromatic heterocycles. The van der Waals surface area contributed by atoms with E-state index >= 15 is 0 Å². The second-order valence-electron chi connectivity index (χ2n) is 4.28. The lowest BCUT2D eigenvalue weighted by Crippen LogP contribution is -2.06. The SMILES string of the molecule is CNCc1cnc(Oc2cccc(OC)c2)c(C)c1. The van der Waals surface area contributed by atoms with Gasteiger partial charge < -0.3 is 14.8 Å². The van der Waals surface area contributed by atoms with Crippen LogP contribution in [-0.2, 0) is 6.54 Å². The highest BCUT2D eigenvalue weighted by atomic mass is 16.5. The van der Waals surface area contributed by atoms with Crippen LogP contribution >= 0.6 is 0 Å². The molecule has 1 heterocycles. The van der Waals surface area contributed by atoms with E-state index in [2.05, 4.69) is 16.4 Å². The number of methoxy groups -OCH3 is 1. The zero-order chi connectivity index (χ0) is 13.7. The smallest absolute Gasteiger partial charge is 0.222 e. The summed E-state index contributed by atoms with van der Waals surface area (Å²) in [5.41, 5.74) is 2.15. The number of rotatable bonds is 5. The van der Waals surface area contributed by atoms with Crippen LogP contribution in [0.1, 0.15) is 11.1 Å². The molecule has 0 aliphatic carbocycles. The van der Waals surface area contributed by atoms with Gasteiger partial charge in [-0.3, -0.25) is 0 Å². The van der Waals surface area contributed by atoms with E-state index < -0.39 is 0 Å². The highest BCUT2D eigenvalue weighted by molar-refractivity contribution is 5.37. The van der Waals surface area contributed by atoms with Crippen LogP contribution in [0.15, 0.2) is 36.5 Å². The van der Waals surface area contributed by atoms with Crippen LogP contribution in [0.3, 0.4) is 0 Å². The first-order chi connectivity index (χ1) is 9.22. The van der Waals surface area contributed by atoms with Crippen LogP contribution in [0.25, 0.3) is 0 Å². The molecule has 0 aliphatic rings. The van der Waals surface area contributed by atoms with Gasteiger partial charge in [-0.05, 0) is 37.7 Å². The van der Waals surface area contributed by atoms with Gasteiger partial charge in [0.05, 0.1) is 7.11 Å². The van der Waals surface area contributed by atoms with Crippen molar-refractivity contribution < 1.29 is 9.47 Å². The average molecular weight is 258 g/mol. The highest BCUT2D eigenvalue weighted by Gasteiger charge is 2.05. The van der Waals surface area contributed by atoms with Crippen molar-refractivity contribution in [2.45, 2.75) is 13.5 Å². The largest absolute Gasteiger partial charge is 0.497 e. The fourth-order valence-electron chi connectivity index (χ4n) is 1.80. The van der Waals surface area contributed by atoms with E-state index in [4.69, 9.17) is 9.47 Å². The molecule has 19 heavy (non-hydrogen) atoms. The first kappa shape index (κ1) is 13.4. The zero-order valence-electron chi connectivity index (χ0n) is 11.4. The van der Waals surface area contributed by atoms with Crippen molar-refractivity contribution >= 4 is 0 Å². The number of aromatic nitrogens is 1. The summed E-state index contributed by atoms with van der Waals surface area (Å²) in [4.78, 5) is 4.34. The van der Waals surface area contributed by atoms with Crippen molar-refractivity contribution in [1.82, 2.24) is 10.3 Å². The van der Waals surface area contributed by atoms with Gasteiger partial charge >= 0.3 is 0 Å². The van der Waals surface area contributed by atoms with E-state index in [0.29, 0.717) is 5.88 Å². The average Bonchev–Trinajstić information content (AvgIpc) is 2.42. The van der Waals surface area contributed by atoms with Gasteiger partial charge in [0, 0.05) is 24.4 Å². The number of nitrogens with zero attached hydrogens (tertiary/aromatic N) is 1. The highest BCUT2D eigenvalue weighted by Crippen LogP contribution is 2.26. The molecule has 0 aliphatic heterocycles. The van der Waals surface area contributed by atoms with E-state index in [1.165, 1.54) is 0 Å². The first-order valence-corrected chi connectivity index (χ1v) is 6.15. The fourth-order valence-corrected chi connectivity index (χ4v) is 1.80. The van der Waals surface area contributed by atoms with Crippen molar-refractivity contribution in [2.75, 3.05) is 14.2 Å². The maximum atomic E-state index is 5.77. The summed E-state index contributed by atoms with van der Waals surface area (Å²) in [5.74, 6) is 2.10. The molecule has 0 spiro atoms. The second-order valence-corrected chi connectivity index (χ2v) is 4.28. The van der Waals surface area contributed by atoms with Crippen molar-refractivity contribution in [3.8, 4) is 17.4 Å². The summed E-state index contributed by atoms with van der Waals surface area (Å²) >= 11 is 0. The quantitative estimate of drug-likeness (QED) is 0.895. The third-order valence-corrected chi connectivity index (χ3v) is 2.72. The first-order valence-electron chi connectivity index (χ1n) is 6.15. The number of nitrogens with one attached hydrogen (secondary N) is 1. The predicted octanol–water partition coefficient (Wildman–Crippen LogP) is 2.91. The Morgan fingerprint density at radius 3 is 2.68 bits per heavy atom. The molecule has 2 rings (SSSR count). The van der Waals surface area contributed by atoms with Gasteiger partial charge in [0.15, 0.2) is 0 Å². The van der Waals surface area contributed by atoms with Crippen molar-refractivity contribution in [3.05, 3.63) is 47.7 Å². The molecule has 4 nitrogen and oxygen atoms in total. The van der Waals surface area contributed by atoms with Crippen LogP contribution in [-0.4, -0.2) is 19.1 Å². The Balaban J connectivity index is 2.18. The van der Waals surface area contributed by atoms with Crippen LogP contribution < -0.4 is 14.8 Å². The Labute approximate surface area is 113 Å². The number of pyridine rings is 1. The van der Waals surface area contributed by atoms with Gasteiger partial charge in [0.2, 0.25) is 5.88 Å². The molecule has 0 unspecified atom stereocenters. The lowest BCUT2D eigenvalue weighted by atomic mass is 10.2. The predicted molar refractivity (Wildman–Crippen MR) is 74.8 cm³/mol. The van der Waals surface area contributed by atoms with Crippen molar-refractivity contribution in [3.63, 3.8) is 0 Å². The molecule has 1 N–H and O–H groups in total. The maximum absolute atomic E-state index is 5.77. The Morgan fingerprint density at radius 1 is 1.21 bits per heavy atom. The zero-order valence-corrected chi connectivity index (χ0v) is 11.4. The molecule has 0 bridgehead atoms. The second kappa shape index (κ2) is 6.20. The van der Waals surface area contributed by atoms with E-state index in [1.807, 2.05) is 44.4 Å². The molecule has 4 heteroatoms. The molecule has 0 saturated heterocycles. The fraction of sp³-hybridized carbons (Fsp3) is 0.267. The van der Waals surface area contributed by atoms with Gasteiger partial charge in [-0.2, -0.15) is 0 Å². The summed E-state index contributed by atoms with van der Waals surface area (Å²) in [6.07, 6.45) is 1.82. The summed E-state index contributed by atoms with van der Waals surface area (Å²) in [5, 5.41) is 3.10. The molecular weight excluding hydrogens is 240 g/mol. The van der Waals surface area contributed by atoms with E-state index in [0.717, 1.165) is 29.2 Å². The maximum Gasteiger partial charge on any atom is 0.222 e. The van der Waals surface area contributed by atoms with Crippen LogP contribution in [0.2, 0.25) is 0 Å². The molecule has 0 saturated carbocycles. The van der Waals surface area contributed by atoms with Crippen LogP contribution in [0.4, 0.5) is 0 Å². The summed E-state index contributed by atoms with van der Waals surface area (Å²) < 4.78 is 10.9. The minimum absolute atomic E-state index is 0.619. The van der Waals surface area contributed by atoms with E-state index in [-0.39, 0.29) is 0 Å². The minimum Gasteiger partial charge on any atom is -0.497 e. The summed E-state index contributed by atoms with van der Waals surface area (Å²) in [7, 11) is 3.55. The molecule has 2 aromatic rings. The van der Waals surface area contributed by atoms with E-state index in [9.17, 15) is 0 Å². The lowest BCUT2D eigenvalue weighted by Gasteiger charge is -2.10. The summed E-state index contributed by atoms with van der Waals surface area (Å²) in [6, 6.07) is 9.55. The molecule has 100 valence electrons.